The Hall–Kier alpha value is -0.690. The minimum atomic E-state index is -1.77. The number of primary amides is 1. The minimum absolute atomic E-state index is 0.245. The van der Waals surface area contributed by atoms with E-state index >= 15 is 0 Å². The molecule has 7 N–H and O–H groups in total. The number of amides is 1. The van der Waals surface area contributed by atoms with Gasteiger partial charge in [0, 0.05) is 6.54 Å². The summed E-state index contributed by atoms with van der Waals surface area (Å²) in [5, 5.41) is 26.4. The van der Waals surface area contributed by atoms with Crippen molar-refractivity contribution in [3.05, 3.63) is 0 Å². The highest BCUT2D eigenvalue weighted by atomic mass is 16.4. The molecule has 1 amide bonds. The van der Waals surface area contributed by atoms with Crippen molar-refractivity contribution in [2.24, 2.45) is 11.5 Å². The van der Waals surface area contributed by atoms with Gasteiger partial charge >= 0.3 is 0 Å². The van der Waals surface area contributed by atoms with Crippen LogP contribution < -0.4 is 11.5 Å². The van der Waals surface area contributed by atoms with Crippen molar-refractivity contribution in [3.8, 4) is 0 Å². The minimum Gasteiger partial charge on any atom is -0.389 e. The predicted molar refractivity (Wildman–Crippen MR) is 36.3 cm³/mol. The summed E-state index contributed by atoms with van der Waals surface area (Å²) in [6, 6.07) is 0. The van der Waals surface area contributed by atoms with Gasteiger partial charge in [-0.05, 0) is 0 Å². The van der Waals surface area contributed by atoms with Crippen molar-refractivity contribution in [3.63, 3.8) is 0 Å². The van der Waals surface area contributed by atoms with Crippen LogP contribution in [0.3, 0.4) is 0 Å². The molecule has 0 bridgehead atoms. The smallest absolute Gasteiger partial charge is 0.249 e. The summed E-state index contributed by atoms with van der Waals surface area (Å²) in [6.07, 6.45) is -4.72. The summed E-state index contributed by atoms with van der Waals surface area (Å²) in [7, 11) is 0. The summed E-state index contributed by atoms with van der Waals surface area (Å²) in [4.78, 5) is 10.2. The lowest BCUT2D eigenvalue weighted by Crippen LogP contribution is -2.47. The van der Waals surface area contributed by atoms with Gasteiger partial charge in [-0.1, -0.05) is 0 Å². The number of carbonyl (C=O) groups is 1. The highest BCUT2D eigenvalue weighted by Gasteiger charge is 2.27. The Morgan fingerprint density at radius 2 is 1.82 bits per heavy atom. The molecule has 0 aromatic rings. The van der Waals surface area contributed by atoms with Gasteiger partial charge < -0.3 is 26.8 Å². The maximum atomic E-state index is 10.2. The second-order valence-electron chi connectivity index (χ2n) is 2.14. The van der Waals surface area contributed by atoms with Crippen LogP contribution in [-0.4, -0.2) is 46.1 Å². The maximum Gasteiger partial charge on any atom is 0.249 e. The Bertz CT molecular complexity index is 140. The van der Waals surface area contributed by atoms with Crippen LogP contribution in [0.4, 0.5) is 0 Å². The number of rotatable bonds is 4. The first-order chi connectivity index (χ1) is 5.00. The lowest BCUT2D eigenvalue weighted by atomic mass is 10.1. The number of aliphatic hydroxyl groups is 3. The molecule has 0 aliphatic rings. The van der Waals surface area contributed by atoms with Crippen LogP contribution in [0.25, 0.3) is 0 Å². The van der Waals surface area contributed by atoms with E-state index in [1.54, 1.807) is 0 Å². The second-order valence-corrected chi connectivity index (χ2v) is 2.14. The molecular formula is C5H12N2O4. The molecule has 0 aliphatic carbocycles. The van der Waals surface area contributed by atoms with E-state index in [2.05, 4.69) is 5.73 Å². The van der Waals surface area contributed by atoms with Crippen LogP contribution in [0.15, 0.2) is 0 Å². The van der Waals surface area contributed by atoms with Gasteiger partial charge in [0.25, 0.3) is 0 Å². The van der Waals surface area contributed by atoms with Crippen LogP contribution in [0, 0.1) is 0 Å². The maximum absolute atomic E-state index is 10.2. The molecule has 0 rings (SSSR count). The van der Waals surface area contributed by atoms with Crippen molar-refractivity contribution >= 4 is 5.91 Å². The van der Waals surface area contributed by atoms with Crippen LogP contribution in [0.2, 0.25) is 0 Å². The van der Waals surface area contributed by atoms with E-state index in [-0.39, 0.29) is 6.54 Å². The molecule has 3 atom stereocenters. The fourth-order valence-corrected chi connectivity index (χ4v) is 0.518. The van der Waals surface area contributed by atoms with Gasteiger partial charge in [0.05, 0.1) is 6.10 Å². The zero-order valence-electron chi connectivity index (χ0n) is 5.84. The van der Waals surface area contributed by atoms with Gasteiger partial charge in [-0.3, -0.25) is 4.79 Å². The summed E-state index contributed by atoms with van der Waals surface area (Å²) in [5.74, 6) is -1.09. The number of hydrogen-bond acceptors (Lipinski definition) is 5. The zero-order valence-corrected chi connectivity index (χ0v) is 5.84. The number of carbonyl (C=O) groups excluding carboxylic acids is 1. The first kappa shape index (κ1) is 10.3. The van der Waals surface area contributed by atoms with Crippen LogP contribution in [0.5, 0.6) is 0 Å². The molecule has 6 nitrogen and oxygen atoms in total. The zero-order chi connectivity index (χ0) is 9.02. The van der Waals surface area contributed by atoms with Crippen molar-refractivity contribution < 1.29 is 20.1 Å². The van der Waals surface area contributed by atoms with E-state index in [1.165, 1.54) is 0 Å². The topological polar surface area (TPSA) is 130 Å². The normalized spacial score (nSPS) is 18.9. The van der Waals surface area contributed by atoms with E-state index in [0.717, 1.165) is 0 Å². The van der Waals surface area contributed by atoms with Gasteiger partial charge in [-0.25, -0.2) is 0 Å². The molecule has 0 aromatic carbocycles. The van der Waals surface area contributed by atoms with Gasteiger partial charge in [0.15, 0.2) is 6.10 Å². The Kier molecular flexibility index (Phi) is 3.98. The standard InChI is InChI=1S/C5H12N2O4/c6-1-2(8)3(9)4(10)5(7)11/h2-4,8-10H,1,6H2,(H2,7,11). The van der Waals surface area contributed by atoms with Gasteiger partial charge in [0.2, 0.25) is 5.91 Å². The van der Waals surface area contributed by atoms with E-state index in [4.69, 9.17) is 21.1 Å². The number of nitrogens with two attached hydrogens (primary N) is 2. The second kappa shape index (κ2) is 4.24. The Labute approximate surface area is 63.4 Å². The highest BCUT2D eigenvalue weighted by molar-refractivity contribution is 5.79. The van der Waals surface area contributed by atoms with E-state index in [1.807, 2.05) is 0 Å². The van der Waals surface area contributed by atoms with Crippen LogP contribution >= 0.6 is 0 Å². The van der Waals surface area contributed by atoms with Crippen molar-refractivity contribution in [2.75, 3.05) is 6.54 Å². The number of aliphatic hydroxyl groups excluding tert-OH is 3. The van der Waals surface area contributed by atoms with E-state index in [9.17, 15) is 4.79 Å². The fourth-order valence-electron chi connectivity index (χ4n) is 0.518. The molecule has 66 valence electrons. The molecule has 11 heavy (non-hydrogen) atoms. The third-order valence-corrected chi connectivity index (χ3v) is 1.25. The predicted octanol–water partition coefficient (Wildman–Crippen LogP) is -3.49. The summed E-state index contributed by atoms with van der Waals surface area (Å²) < 4.78 is 0. The largest absolute Gasteiger partial charge is 0.389 e. The summed E-state index contributed by atoms with van der Waals surface area (Å²) in [6.45, 7) is -0.245. The molecule has 0 radical (unpaired) electrons. The molecule has 0 spiro atoms. The van der Waals surface area contributed by atoms with Crippen molar-refractivity contribution in [2.45, 2.75) is 18.3 Å². The molecule has 0 fully saturated rings. The fraction of sp³-hybridized carbons (Fsp3) is 0.800. The third-order valence-electron chi connectivity index (χ3n) is 1.25. The van der Waals surface area contributed by atoms with Gasteiger partial charge in [-0.2, -0.15) is 0 Å². The molecule has 0 saturated heterocycles. The quantitative estimate of drug-likeness (QED) is 0.294. The molecule has 0 aliphatic heterocycles. The molecule has 3 unspecified atom stereocenters. The summed E-state index contributed by atoms with van der Waals surface area (Å²) in [5.41, 5.74) is 9.57. The molecule has 0 heterocycles. The summed E-state index contributed by atoms with van der Waals surface area (Å²) >= 11 is 0. The van der Waals surface area contributed by atoms with E-state index < -0.39 is 24.2 Å². The van der Waals surface area contributed by atoms with Crippen LogP contribution in [-0.2, 0) is 4.79 Å². The molecule has 0 saturated carbocycles. The van der Waals surface area contributed by atoms with E-state index in [0.29, 0.717) is 0 Å². The average Bonchev–Trinajstić information content (AvgIpc) is 2.00. The molecular weight excluding hydrogens is 152 g/mol. The van der Waals surface area contributed by atoms with Gasteiger partial charge in [-0.15, -0.1) is 0 Å². The van der Waals surface area contributed by atoms with Crippen LogP contribution in [0.1, 0.15) is 0 Å². The van der Waals surface area contributed by atoms with Crippen molar-refractivity contribution in [1.82, 2.24) is 0 Å². The third kappa shape index (κ3) is 2.81. The lowest BCUT2D eigenvalue weighted by molar-refractivity contribution is -0.136. The SMILES string of the molecule is NCC(O)C(O)C(O)C(N)=O. The first-order valence-electron chi connectivity index (χ1n) is 3.04. The first-order valence-corrected chi connectivity index (χ1v) is 3.04. The Morgan fingerprint density at radius 1 is 1.36 bits per heavy atom. The Morgan fingerprint density at radius 3 is 2.09 bits per heavy atom. The Balaban J connectivity index is 4.00. The lowest BCUT2D eigenvalue weighted by Gasteiger charge is -2.18. The monoisotopic (exact) mass is 164 g/mol. The van der Waals surface area contributed by atoms with Gasteiger partial charge in [0.1, 0.15) is 6.10 Å². The average molecular weight is 164 g/mol. The molecule has 6 heteroatoms. The number of hydrogen-bond donors (Lipinski definition) is 5. The highest BCUT2D eigenvalue weighted by Crippen LogP contribution is 1.97. The molecule has 0 aromatic heterocycles. The van der Waals surface area contributed by atoms with Crippen molar-refractivity contribution in [1.29, 1.82) is 0 Å².